The fourth-order valence-corrected chi connectivity index (χ4v) is 2.80. The molecular weight excluding hydrogens is 327 g/mol. The van der Waals surface area contributed by atoms with E-state index in [2.05, 4.69) is 20.6 Å². The maximum absolute atomic E-state index is 13.7. The number of hydrogen-bond acceptors (Lipinski definition) is 4. The molecule has 26 heavy (non-hydrogen) atoms. The molecule has 3 aromatic rings. The minimum Gasteiger partial charge on any atom is -0.367 e. The monoisotopic (exact) mass is 348 g/mol. The Morgan fingerprint density at radius 2 is 1.73 bits per heavy atom. The second-order valence-corrected chi connectivity index (χ2v) is 6.51. The van der Waals surface area contributed by atoms with Crippen molar-refractivity contribution >= 4 is 11.8 Å². The molecule has 0 saturated heterocycles. The molecule has 0 unspecified atom stereocenters. The normalized spacial score (nSPS) is 13.4. The van der Waals surface area contributed by atoms with Crippen LogP contribution in [0.2, 0.25) is 0 Å². The lowest BCUT2D eigenvalue weighted by atomic mass is 10.1. The summed E-state index contributed by atoms with van der Waals surface area (Å²) in [5.41, 5.74) is 2.61. The Balaban J connectivity index is 1.51. The Labute approximate surface area is 152 Å². The first-order valence-corrected chi connectivity index (χ1v) is 8.96. The van der Waals surface area contributed by atoms with Crippen LogP contribution in [0.5, 0.6) is 0 Å². The molecule has 1 aliphatic carbocycles. The van der Waals surface area contributed by atoms with E-state index in [1.807, 2.05) is 42.5 Å². The summed E-state index contributed by atoms with van der Waals surface area (Å²) in [6.45, 7) is 0.571. The number of nitrogens with zero attached hydrogens (tertiary/aromatic N) is 2. The lowest BCUT2D eigenvalue weighted by molar-refractivity contribution is 0.610. The quantitative estimate of drug-likeness (QED) is 0.659. The average Bonchev–Trinajstić information content (AvgIpc) is 3.48. The third kappa shape index (κ3) is 4.17. The van der Waals surface area contributed by atoms with E-state index in [0.717, 1.165) is 17.1 Å². The van der Waals surface area contributed by atoms with Crippen molar-refractivity contribution in [3.8, 4) is 11.3 Å². The van der Waals surface area contributed by atoms with Gasteiger partial charge in [-0.1, -0.05) is 48.5 Å². The molecule has 1 aliphatic rings. The molecule has 0 atom stereocenters. The Morgan fingerprint density at radius 3 is 2.50 bits per heavy atom. The van der Waals surface area contributed by atoms with Crippen molar-refractivity contribution in [1.82, 2.24) is 9.97 Å². The standard InChI is InChI=1S/C21H21FN4/c22-18-9-5-4-6-15(18)12-13-23-21-25-19(16-7-2-1-3-8-16)14-20(26-21)24-17-10-11-17/h1-9,14,17H,10-13H2,(H2,23,24,25,26). The summed E-state index contributed by atoms with van der Waals surface area (Å²) in [5.74, 6) is 1.21. The SMILES string of the molecule is Fc1ccccc1CCNc1nc(NC2CC2)cc(-c2ccccc2)n1. The molecule has 1 heterocycles. The summed E-state index contributed by atoms with van der Waals surface area (Å²) in [6, 6.07) is 19.4. The van der Waals surface area contributed by atoms with Crippen molar-refractivity contribution in [2.45, 2.75) is 25.3 Å². The minimum absolute atomic E-state index is 0.177. The largest absolute Gasteiger partial charge is 0.367 e. The van der Waals surface area contributed by atoms with Gasteiger partial charge in [0.1, 0.15) is 11.6 Å². The first-order chi connectivity index (χ1) is 12.8. The first kappa shape index (κ1) is 16.5. The van der Waals surface area contributed by atoms with Gasteiger partial charge < -0.3 is 10.6 Å². The summed E-state index contributed by atoms with van der Waals surface area (Å²) in [4.78, 5) is 9.19. The van der Waals surface area contributed by atoms with Crippen molar-refractivity contribution in [1.29, 1.82) is 0 Å². The van der Waals surface area contributed by atoms with Gasteiger partial charge in [0, 0.05) is 24.2 Å². The lowest BCUT2D eigenvalue weighted by Gasteiger charge is -2.11. The predicted octanol–water partition coefficient (Wildman–Crippen LogP) is 4.51. The molecule has 132 valence electrons. The van der Waals surface area contributed by atoms with Gasteiger partial charge in [0.2, 0.25) is 5.95 Å². The molecule has 2 N–H and O–H groups in total. The van der Waals surface area contributed by atoms with Gasteiger partial charge in [0.25, 0.3) is 0 Å². The maximum atomic E-state index is 13.7. The topological polar surface area (TPSA) is 49.8 Å². The molecule has 4 rings (SSSR count). The molecule has 0 radical (unpaired) electrons. The van der Waals surface area contributed by atoms with Gasteiger partial charge in [-0.25, -0.2) is 9.37 Å². The highest BCUT2D eigenvalue weighted by Crippen LogP contribution is 2.27. The summed E-state index contributed by atoms with van der Waals surface area (Å²) in [6.07, 6.45) is 2.94. The van der Waals surface area contributed by atoms with Crippen LogP contribution in [-0.4, -0.2) is 22.6 Å². The van der Waals surface area contributed by atoms with Gasteiger partial charge in [-0.05, 0) is 30.9 Å². The Bertz CT molecular complexity index is 878. The molecule has 4 nitrogen and oxygen atoms in total. The summed E-state index contributed by atoms with van der Waals surface area (Å²) < 4.78 is 13.7. The molecular formula is C21H21FN4. The number of halogens is 1. The third-order valence-electron chi connectivity index (χ3n) is 4.36. The molecule has 1 saturated carbocycles. The first-order valence-electron chi connectivity index (χ1n) is 8.96. The zero-order chi connectivity index (χ0) is 17.8. The van der Waals surface area contributed by atoms with Crippen molar-refractivity contribution in [2.75, 3.05) is 17.2 Å². The van der Waals surface area contributed by atoms with E-state index in [9.17, 15) is 4.39 Å². The van der Waals surface area contributed by atoms with Crippen LogP contribution in [-0.2, 0) is 6.42 Å². The van der Waals surface area contributed by atoms with E-state index in [4.69, 9.17) is 0 Å². The van der Waals surface area contributed by atoms with E-state index < -0.39 is 0 Å². The predicted molar refractivity (Wildman–Crippen MR) is 103 cm³/mol. The number of hydrogen-bond donors (Lipinski definition) is 2. The number of benzene rings is 2. The fourth-order valence-electron chi connectivity index (χ4n) is 2.80. The van der Waals surface area contributed by atoms with Crippen molar-refractivity contribution in [2.24, 2.45) is 0 Å². The van der Waals surface area contributed by atoms with Crippen LogP contribution in [0.15, 0.2) is 60.7 Å². The summed E-state index contributed by atoms with van der Waals surface area (Å²) in [7, 11) is 0. The van der Waals surface area contributed by atoms with Crippen LogP contribution in [0.25, 0.3) is 11.3 Å². The smallest absolute Gasteiger partial charge is 0.225 e. The van der Waals surface area contributed by atoms with Crippen LogP contribution >= 0.6 is 0 Å². The molecule has 0 bridgehead atoms. The van der Waals surface area contributed by atoms with Crippen LogP contribution in [0.1, 0.15) is 18.4 Å². The third-order valence-corrected chi connectivity index (χ3v) is 4.36. The van der Waals surface area contributed by atoms with E-state index in [1.54, 1.807) is 12.1 Å². The molecule has 0 spiro atoms. The number of anilines is 2. The second-order valence-electron chi connectivity index (χ2n) is 6.51. The van der Waals surface area contributed by atoms with Gasteiger partial charge >= 0.3 is 0 Å². The van der Waals surface area contributed by atoms with Crippen molar-refractivity contribution in [3.05, 3.63) is 72.0 Å². The summed E-state index contributed by atoms with van der Waals surface area (Å²) in [5, 5.41) is 6.67. The molecule has 0 amide bonds. The minimum atomic E-state index is -0.177. The molecule has 1 aromatic heterocycles. The highest BCUT2D eigenvalue weighted by Gasteiger charge is 2.22. The van der Waals surface area contributed by atoms with Crippen LogP contribution in [0.4, 0.5) is 16.2 Å². The lowest BCUT2D eigenvalue weighted by Crippen LogP contribution is -2.11. The summed E-state index contributed by atoms with van der Waals surface area (Å²) >= 11 is 0. The zero-order valence-corrected chi connectivity index (χ0v) is 14.5. The van der Waals surface area contributed by atoms with Crippen molar-refractivity contribution in [3.63, 3.8) is 0 Å². The van der Waals surface area contributed by atoms with Crippen LogP contribution in [0, 0.1) is 5.82 Å². The van der Waals surface area contributed by atoms with Gasteiger partial charge in [-0.15, -0.1) is 0 Å². The van der Waals surface area contributed by atoms with Gasteiger partial charge in [-0.3, -0.25) is 0 Å². The second kappa shape index (κ2) is 7.52. The van der Waals surface area contributed by atoms with E-state index >= 15 is 0 Å². The fraction of sp³-hybridized carbons (Fsp3) is 0.238. The van der Waals surface area contributed by atoms with E-state index in [-0.39, 0.29) is 5.82 Å². The maximum Gasteiger partial charge on any atom is 0.225 e. The van der Waals surface area contributed by atoms with Gasteiger partial charge in [-0.2, -0.15) is 4.98 Å². The Hall–Kier alpha value is -2.95. The number of nitrogens with one attached hydrogen (secondary N) is 2. The Kier molecular flexibility index (Phi) is 4.78. The zero-order valence-electron chi connectivity index (χ0n) is 14.5. The van der Waals surface area contributed by atoms with Crippen LogP contribution < -0.4 is 10.6 Å². The highest BCUT2D eigenvalue weighted by atomic mass is 19.1. The van der Waals surface area contributed by atoms with E-state index in [0.29, 0.717) is 30.5 Å². The molecule has 5 heteroatoms. The van der Waals surface area contributed by atoms with Gasteiger partial charge in [0.05, 0.1) is 5.69 Å². The number of aromatic nitrogens is 2. The van der Waals surface area contributed by atoms with Crippen LogP contribution in [0.3, 0.4) is 0 Å². The molecule has 2 aromatic carbocycles. The van der Waals surface area contributed by atoms with E-state index in [1.165, 1.54) is 18.9 Å². The number of rotatable bonds is 7. The van der Waals surface area contributed by atoms with Crippen molar-refractivity contribution < 1.29 is 4.39 Å². The highest BCUT2D eigenvalue weighted by molar-refractivity contribution is 5.64. The molecule has 0 aliphatic heterocycles. The average molecular weight is 348 g/mol. The molecule has 1 fully saturated rings. The van der Waals surface area contributed by atoms with Gasteiger partial charge in [0.15, 0.2) is 0 Å². The Morgan fingerprint density at radius 1 is 0.962 bits per heavy atom.